The summed E-state index contributed by atoms with van der Waals surface area (Å²) in [6.45, 7) is 2.02. The first-order valence-corrected chi connectivity index (χ1v) is 7.02. The second kappa shape index (κ2) is 5.58. The highest BCUT2D eigenvalue weighted by Crippen LogP contribution is 2.27. The number of hydrogen-bond donors (Lipinski definition) is 1. The van der Waals surface area contributed by atoms with Gasteiger partial charge in [-0.2, -0.15) is 0 Å². The van der Waals surface area contributed by atoms with E-state index < -0.39 is 0 Å². The minimum absolute atomic E-state index is 0.0315. The summed E-state index contributed by atoms with van der Waals surface area (Å²) in [5, 5.41) is 0. The van der Waals surface area contributed by atoms with Crippen molar-refractivity contribution in [1.29, 1.82) is 0 Å². The lowest BCUT2D eigenvalue weighted by molar-refractivity contribution is 0.414. The molecule has 2 aromatic carbocycles. The van der Waals surface area contributed by atoms with Crippen molar-refractivity contribution in [3.05, 3.63) is 60.4 Å². The zero-order chi connectivity index (χ0) is 14.8. The first-order chi connectivity index (χ1) is 10.2. The summed E-state index contributed by atoms with van der Waals surface area (Å²) in [6.07, 6.45) is 1.86. The Kier molecular flexibility index (Phi) is 3.62. The molecular weight excluding hydrogens is 262 g/mol. The van der Waals surface area contributed by atoms with E-state index in [0.29, 0.717) is 0 Å². The third-order valence-electron chi connectivity index (χ3n) is 3.74. The molecule has 0 saturated heterocycles. The van der Waals surface area contributed by atoms with E-state index in [1.54, 1.807) is 7.11 Å². The number of ether oxygens (including phenoxy) is 1. The molecule has 4 nitrogen and oxygen atoms in total. The number of methoxy groups -OCH3 is 1. The van der Waals surface area contributed by atoms with Gasteiger partial charge in [-0.3, -0.25) is 0 Å². The quantitative estimate of drug-likeness (QED) is 0.800. The molecule has 0 amide bonds. The van der Waals surface area contributed by atoms with E-state index in [9.17, 15) is 0 Å². The number of para-hydroxylation sites is 2. The molecule has 3 aromatic rings. The van der Waals surface area contributed by atoms with Crippen molar-refractivity contribution < 1.29 is 4.74 Å². The van der Waals surface area contributed by atoms with Gasteiger partial charge in [0.1, 0.15) is 5.75 Å². The maximum atomic E-state index is 6.24. The van der Waals surface area contributed by atoms with Crippen LogP contribution < -0.4 is 10.5 Å². The average molecular weight is 281 g/mol. The van der Waals surface area contributed by atoms with E-state index in [1.165, 1.54) is 0 Å². The first-order valence-electron chi connectivity index (χ1n) is 7.02. The Bertz CT molecular complexity index is 731. The molecule has 2 atom stereocenters. The summed E-state index contributed by atoms with van der Waals surface area (Å²) in [7, 11) is 1.67. The van der Waals surface area contributed by atoms with Gasteiger partial charge in [-0.05, 0) is 36.8 Å². The Labute approximate surface area is 124 Å². The van der Waals surface area contributed by atoms with Crippen LogP contribution in [0, 0.1) is 0 Å². The van der Waals surface area contributed by atoms with Crippen LogP contribution in [0.1, 0.15) is 18.5 Å². The summed E-state index contributed by atoms with van der Waals surface area (Å²) in [6, 6.07) is 16.1. The Morgan fingerprint density at radius 1 is 1.10 bits per heavy atom. The summed E-state index contributed by atoms with van der Waals surface area (Å²) < 4.78 is 7.36. The molecule has 0 fully saturated rings. The van der Waals surface area contributed by atoms with Gasteiger partial charge in [-0.15, -0.1) is 0 Å². The van der Waals surface area contributed by atoms with E-state index in [-0.39, 0.29) is 12.1 Å². The largest absolute Gasteiger partial charge is 0.497 e. The van der Waals surface area contributed by atoms with Crippen molar-refractivity contribution in [3.8, 4) is 5.75 Å². The number of aromatic nitrogens is 2. The van der Waals surface area contributed by atoms with Gasteiger partial charge in [0.2, 0.25) is 0 Å². The Balaban J connectivity index is 2.09. The van der Waals surface area contributed by atoms with Crippen LogP contribution in [0.15, 0.2) is 54.9 Å². The smallest absolute Gasteiger partial charge is 0.118 e. The van der Waals surface area contributed by atoms with E-state index in [0.717, 1.165) is 22.3 Å². The fraction of sp³-hybridized carbons (Fsp3) is 0.235. The Morgan fingerprint density at radius 2 is 1.81 bits per heavy atom. The molecule has 0 bridgehead atoms. The predicted molar refractivity (Wildman–Crippen MR) is 84.5 cm³/mol. The standard InChI is InChI=1S/C17H19N3O/c1-12(18)17(13-7-9-14(21-2)10-8-13)20-11-19-15-5-3-4-6-16(15)20/h3-12,17H,18H2,1-2H3. The monoisotopic (exact) mass is 281 g/mol. The van der Waals surface area contributed by atoms with Crippen molar-refractivity contribution in [1.82, 2.24) is 9.55 Å². The zero-order valence-electron chi connectivity index (χ0n) is 12.2. The van der Waals surface area contributed by atoms with E-state index in [4.69, 9.17) is 10.5 Å². The molecule has 0 aliphatic heterocycles. The van der Waals surface area contributed by atoms with Crippen LogP contribution in [0.3, 0.4) is 0 Å². The SMILES string of the molecule is COc1ccc(C(C(C)N)n2cnc3ccccc32)cc1. The Morgan fingerprint density at radius 3 is 2.48 bits per heavy atom. The molecule has 0 saturated carbocycles. The van der Waals surface area contributed by atoms with Crippen molar-refractivity contribution in [2.75, 3.05) is 7.11 Å². The maximum absolute atomic E-state index is 6.24. The lowest BCUT2D eigenvalue weighted by atomic mass is 10.0. The van der Waals surface area contributed by atoms with Gasteiger partial charge in [0.15, 0.2) is 0 Å². The van der Waals surface area contributed by atoms with Crippen LogP contribution >= 0.6 is 0 Å². The summed E-state index contributed by atoms with van der Waals surface area (Å²) in [4.78, 5) is 4.46. The van der Waals surface area contributed by atoms with Crippen molar-refractivity contribution in [3.63, 3.8) is 0 Å². The molecule has 1 heterocycles. The van der Waals surface area contributed by atoms with Crippen LogP contribution in [-0.2, 0) is 0 Å². The van der Waals surface area contributed by atoms with Crippen LogP contribution in [0.4, 0.5) is 0 Å². The lowest BCUT2D eigenvalue weighted by Crippen LogP contribution is -2.29. The van der Waals surface area contributed by atoms with Crippen LogP contribution in [-0.4, -0.2) is 22.7 Å². The second-order valence-corrected chi connectivity index (χ2v) is 5.22. The molecule has 2 unspecified atom stereocenters. The van der Waals surface area contributed by atoms with Crippen molar-refractivity contribution in [2.24, 2.45) is 5.73 Å². The van der Waals surface area contributed by atoms with E-state index in [1.807, 2.05) is 43.6 Å². The highest BCUT2D eigenvalue weighted by molar-refractivity contribution is 5.75. The molecule has 2 N–H and O–H groups in total. The summed E-state index contributed by atoms with van der Waals surface area (Å²) in [5.74, 6) is 0.845. The number of fused-ring (bicyclic) bond motifs is 1. The van der Waals surface area contributed by atoms with E-state index >= 15 is 0 Å². The number of nitrogens with zero attached hydrogens (tertiary/aromatic N) is 2. The topological polar surface area (TPSA) is 53.1 Å². The lowest BCUT2D eigenvalue weighted by Gasteiger charge is -2.24. The molecule has 0 aliphatic rings. The third kappa shape index (κ3) is 2.50. The summed E-state index contributed by atoms with van der Waals surface area (Å²) in [5.41, 5.74) is 9.46. The molecule has 0 aliphatic carbocycles. The van der Waals surface area contributed by atoms with Gasteiger partial charge in [0, 0.05) is 6.04 Å². The maximum Gasteiger partial charge on any atom is 0.118 e. The summed E-state index contributed by atoms with van der Waals surface area (Å²) >= 11 is 0. The highest BCUT2D eigenvalue weighted by atomic mass is 16.5. The first kappa shape index (κ1) is 13.6. The molecule has 108 valence electrons. The molecule has 21 heavy (non-hydrogen) atoms. The molecule has 1 aromatic heterocycles. The predicted octanol–water partition coefficient (Wildman–Crippen LogP) is 2.98. The molecule has 0 spiro atoms. The van der Waals surface area contributed by atoms with Crippen molar-refractivity contribution >= 4 is 11.0 Å². The fourth-order valence-electron chi connectivity index (χ4n) is 2.72. The van der Waals surface area contributed by atoms with Gasteiger partial charge in [0.05, 0.1) is 30.5 Å². The molecular formula is C17H19N3O. The van der Waals surface area contributed by atoms with E-state index in [2.05, 4.69) is 27.8 Å². The number of nitrogens with two attached hydrogens (primary N) is 1. The molecule has 3 rings (SSSR count). The highest BCUT2D eigenvalue weighted by Gasteiger charge is 2.20. The van der Waals surface area contributed by atoms with Crippen LogP contribution in [0.5, 0.6) is 5.75 Å². The Hall–Kier alpha value is -2.33. The van der Waals surface area contributed by atoms with Gasteiger partial charge in [0.25, 0.3) is 0 Å². The average Bonchev–Trinajstić information content (AvgIpc) is 2.92. The number of hydrogen-bond acceptors (Lipinski definition) is 3. The second-order valence-electron chi connectivity index (χ2n) is 5.22. The fourth-order valence-corrected chi connectivity index (χ4v) is 2.72. The van der Waals surface area contributed by atoms with Crippen LogP contribution in [0.2, 0.25) is 0 Å². The van der Waals surface area contributed by atoms with Crippen molar-refractivity contribution in [2.45, 2.75) is 19.0 Å². The normalized spacial score (nSPS) is 14.0. The van der Waals surface area contributed by atoms with Gasteiger partial charge < -0.3 is 15.0 Å². The van der Waals surface area contributed by atoms with Crippen LogP contribution in [0.25, 0.3) is 11.0 Å². The third-order valence-corrected chi connectivity index (χ3v) is 3.74. The molecule has 0 radical (unpaired) electrons. The number of imidazole rings is 1. The minimum Gasteiger partial charge on any atom is -0.497 e. The zero-order valence-corrected chi connectivity index (χ0v) is 12.2. The van der Waals surface area contributed by atoms with Gasteiger partial charge >= 0.3 is 0 Å². The number of rotatable bonds is 4. The van der Waals surface area contributed by atoms with Gasteiger partial charge in [-0.25, -0.2) is 4.98 Å². The minimum atomic E-state index is -0.0315. The number of benzene rings is 2. The molecule has 4 heteroatoms. The van der Waals surface area contributed by atoms with Gasteiger partial charge in [-0.1, -0.05) is 24.3 Å².